The molecule has 0 spiro atoms. The van der Waals surface area contributed by atoms with E-state index in [9.17, 15) is 0 Å². The van der Waals surface area contributed by atoms with Crippen molar-refractivity contribution in [3.05, 3.63) is 0 Å². The van der Waals surface area contributed by atoms with Gasteiger partial charge >= 0.3 is 0 Å². The maximum atomic E-state index is 5.57. The Hall–Kier alpha value is -1.67. The Morgan fingerprint density at radius 1 is 0.760 bits per heavy atom. The van der Waals surface area contributed by atoms with Crippen LogP contribution < -0.4 is 27.0 Å². The van der Waals surface area contributed by atoms with Crippen LogP contribution >= 0.6 is 0 Å². The van der Waals surface area contributed by atoms with Gasteiger partial charge in [0.1, 0.15) is 0 Å². The van der Waals surface area contributed by atoms with E-state index in [0.717, 1.165) is 70.7 Å². The molecule has 0 amide bonds. The number of nitrogens with one attached hydrogen (secondary N) is 2. The smallest absolute Gasteiger partial charge is 0.231 e. The van der Waals surface area contributed by atoms with E-state index in [-0.39, 0.29) is 0 Å². The Morgan fingerprint density at radius 3 is 1.64 bits per heavy atom. The number of aromatic nitrogens is 3. The van der Waals surface area contributed by atoms with Crippen LogP contribution in [0.25, 0.3) is 0 Å². The van der Waals surface area contributed by atoms with E-state index in [1.165, 1.54) is 0 Å². The molecule has 0 fully saturated rings. The van der Waals surface area contributed by atoms with Crippen molar-refractivity contribution in [2.75, 3.05) is 54.8 Å². The molecule has 0 saturated heterocycles. The summed E-state index contributed by atoms with van der Waals surface area (Å²) in [5, 5.41) is 6.50. The highest BCUT2D eigenvalue weighted by atomic mass is 15.3. The zero-order valence-electron chi connectivity index (χ0n) is 15.9. The second kappa shape index (κ2) is 13.6. The van der Waals surface area contributed by atoms with Gasteiger partial charge in [-0.1, -0.05) is 26.7 Å². The zero-order chi connectivity index (χ0) is 18.3. The molecule has 0 aromatic carbocycles. The van der Waals surface area contributed by atoms with Gasteiger partial charge in [0.05, 0.1) is 0 Å². The Balaban J connectivity index is 2.92. The van der Waals surface area contributed by atoms with Crippen LogP contribution in [0.2, 0.25) is 0 Å². The average Bonchev–Trinajstić information content (AvgIpc) is 2.62. The quantitative estimate of drug-likeness (QED) is 0.353. The van der Waals surface area contributed by atoms with Gasteiger partial charge in [0, 0.05) is 26.2 Å². The molecule has 1 heterocycles. The lowest BCUT2D eigenvalue weighted by molar-refractivity contribution is 0.661. The maximum absolute atomic E-state index is 5.57. The number of anilines is 3. The molecular formula is C17H36N8. The molecule has 6 N–H and O–H groups in total. The first kappa shape index (κ1) is 21.4. The van der Waals surface area contributed by atoms with E-state index in [1.54, 1.807) is 0 Å². The number of unbranched alkanes of at least 4 members (excludes halogenated alkanes) is 2. The molecule has 8 nitrogen and oxygen atoms in total. The molecule has 1 aromatic rings. The first-order valence-electron chi connectivity index (χ1n) is 9.64. The molecule has 1 aromatic heterocycles. The van der Waals surface area contributed by atoms with E-state index in [0.29, 0.717) is 25.0 Å². The minimum atomic E-state index is 0.603. The third-order valence-corrected chi connectivity index (χ3v) is 3.80. The molecule has 0 aliphatic carbocycles. The van der Waals surface area contributed by atoms with E-state index >= 15 is 0 Å². The first-order chi connectivity index (χ1) is 12.2. The lowest BCUT2D eigenvalue weighted by Crippen LogP contribution is -2.28. The van der Waals surface area contributed by atoms with Crippen molar-refractivity contribution in [2.24, 2.45) is 11.5 Å². The predicted molar refractivity (Wildman–Crippen MR) is 106 cm³/mol. The average molecular weight is 353 g/mol. The summed E-state index contributed by atoms with van der Waals surface area (Å²) in [6.07, 6.45) is 6.31. The lowest BCUT2D eigenvalue weighted by atomic mass is 10.3. The fourth-order valence-electron chi connectivity index (χ4n) is 2.28. The monoisotopic (exact) mass is 352 g/mol. The Morgan fingerprint density at radius 2 is 1.24 bits per heavy atom. The molecule has 0 saturated carbocycles. The van der Waals surface area contributed by atoms with Crippen LogP contribution in [0.3, 0.4) is 0 Å². The number of hydrogen-bond donors (Lipinski definition) is 4. The first-order valence-corrected chi connectivity index (χ1v) is 9.64. The van der Waals surface area contributed by atoms with Gasteiger partial charge in [-0.3, -0.25) is 0 Å². The van der Waals surface area contributed by atoms with Crippen LogP contribution in [-0.4, -0.2) is 54.2 Å². The normalized spacial score (nSPS) is 10.7. The van der Waals surface area contributed by atoms with Crippen LogP contribution in [0.1, 0.15) is 52.4 Å². The summed E-state index contributed by atoms with van der Waals surface area (Å²) in [5.41, 5.74) is 11.1. The Bertz CT molecular complexity index is 418. The predicted octanol–water partition coefficient (Wildman–Crippen LogP) is 1.80. The highest BCUT2D eigenvalue weighted by molar-refractivity contribution is 5.43. The SMILES string of the molecule is CCCCN(CCCC)c1nc(NCCCN)nc(NCCCN)n1. The van der Waals surface area contributed by atoms with Gasteiger partial charge in [0.25, 0.3) is 0 Å². The second-order valence-corrected chi connectivity index (χ2v) is 6.11. The number of nitrogens with zero attached hydrogens (tertiary/aromatic N) is 4. The van der Waals surface area contributed by atoms with Gasteiger partial charge in [0.15, 0.2) is 0 Å². The third kappa shape index (κ3) is 8.83. The lowest BCUT2D eigenvalue weighted by Gasteiger charge is -2.23. The third-order valence-electron chi connectivity index (χ3n) is 3.80. The summed E-state index contributed by atoms with van der Waals surface area (Å²) >= 11 is 0. The minimum absolute atomic E-state index is 0.603. The molecule has 0 radical (unpaired) electrons. The molecule has 0 aliphatic rings. The van der Waals surface area contributed by atoms with Gasteiger partial charge in [-0.15, -0.1) is 0 Å². The standard InChI is InChI=1S/C17H36N8/c1-3-5-13-25(14-6-4-2)17-23-15(20-11-7-9-18)22-16(24-17)21-12-8-10-19/h3-14,18-19H2,1-2H3,(H2,20,21,22,23,24). The van der Waals surface area contributed by atoms with Crippen molar-refractivity contribution in [3.63, 3.8) is 0 Å². The zero-order valence-corrected chi connectivity index (χ0v) is 15.9. The van der Waals surface area contributed by atoms with Crippen molar-refractivity contribution < 1.29 is 0 Å². The van der Waals surface area contributed by atoms with E-state index in [1.807, 2.05) is 0 Å². The van der Waals surface area contributed by atoms with Crippen LogP contribution in [0.5, 0.6) is 0 Å². The van der Waals surface area contributed by atoms with Gasteiger partial charge in [-0.05, 0) is 38.8 Å². The molecule has 0 aliphatic heterocycles. The maximum Gasteiger partial charge on any atom is 0.231 e. The van der Waals surface area contributed by atoms with E-state index in [4.69, 9.17) is 11.5 Å². The summed E-state index contributed by atoms with van der Waals surface area (Å²) in [4.78, 5) is 16.0. The Kier molecular flexibility index (Phi) is 11.6. The molecule has 8 heteroatoms. The highest BCUT2D eigenvalue weighted by Crippen LogP contribution is 2.15. The van der Waals surface area contributed by atoms with Crippen molar-refractivity contribution >= 4 is 17.8 Å². The van der Waals surface area contributed by atoms with E-state index < -0.39 is 0 Å². The minimum Gasteiger partial charge on any atom is -0.354 e. The Labute approximate surface area is 152 Å². The van der Waals surface area contributed by atoms with Crippen molar-refractivity contribution in [1.29, 1.82) is 0 Å². The van der Waals surface area contributed by atoms with Gasteiger partial charge < -0.3 is 27.0 Å². The van der Waals surface area contributed by atoms with Crippen LogP contribution in [0.4, 0.5) is 17.8 Å². The van der Waals surface area contributed by atoms with Crippen LogP contribution in [-0.2, 0) is 0 Å². The number of rotatable bonds is 15. The largest absolute Gasteiger partial charge is 0.354 e. The summed E-state index contributed by atoms with van der Waals surface area (Å²) in [5.74, 6) is 1.95. The van der Waals surface area contributed by atoms with Crippen molar-refractivity contribution in [1.82, 2.24) is 15.0 Å². The van der Waals surface area contributed by atoms with Gasteiger partial charge in [0.2, 0.25) is 17.8 Å². The summed E-state index contributed by atoms with van der Waals surface area (Å²) < 4.78 is 0. The molecular weight excluding hydrogens is 316 g/mol. The summed E-state index contributed by atoms with van der Waals surface area (Å²) in [6.45, 7) is 9.13. The number of hydrogen-bond acceptors (Lipinski definition) is 8. The van der Waals surface area contributed by atoms with Crippen LogP contribution in [0, 0.1) is 0 Å². The second-order valence-electron chi connectivity index (χ2n) is 6.11. The van der Waals surface area contributed by atoms with Gasteiger partial charge in [-0.2, -0.15) is 15.0 Å². The fourth-order valence-corrected chi connectivity index (χ4v) is 2.28. The fraction of sp³-hybridized carbons (Fsp3) is 0.824. The summed E-state index contributed by atoms with van der Waals surface area (Å²) in [7, 11) is 0. The van der Waals surface area contributed by atoms with Crippen molar-refractivity contribution in [3.8, 4) is 0 Å². The molecule has 144 valence electrons. The van der Waals surface area contributed by atoms with Crippen LogP contribution in [0.15, 0.2) is 0 Å². The molecule has 0 atom stereocenters. The van der Waals surface area contributed by atoms with E-state index in [2.05, 4.69) is 44.3 Å². The molecule has 0 unspecified atom stereocenters. The molecule has 25 heavy (non-hydrogen) atoms. The topological polar surface area (TPSA) is 118 Å². The van der Waals surface area contributed by atoms with Crippen molar-refractivity contribution in [2.45, 2.75) is 52.4 Å². The number of nitrogens with two attached hydrogens (primary N) is 2. The van der Waals surface area contributed by atoms with Gasteiger partial charge in [-0.25, -0.2) is 0 Å². The highest BCUT2D eigenvalue weighted by Gasteiger charge is 2.13. The molecule has 0 bridgehead atoms. The molecule has 1 rings (SSSR count). The summed E-state index contributed by atoms with van der Waals surface area (Å²) in [6, 6.07) is 0.